The molecule has 2 heterocycles. The van der Waals surface area contributed by atoms with Gasteiger partial charge in [0, 0.05) is 18.7 Å². The van der Waals surface area contributed by atoms with Crippen molar-refractivity contribution in [2.75, 3.05) is 20.1 Å². The van der Waals surface area contributed by atoms with Crippen molar-refractivity contribution < 1.29 is 9.84 Å². The minimum absolute atomic E-state index is 0.0194. The largest absolute Gasteiger partial charge is 0.508 e. The molecule has 154 valence electrons. The molecule has 1 atom stereocenters. The minimum atomic E-state index is -0.432. The second-order valence-corrected chi connectivity index (χ2v) is 9.18. The van der Waals surface area contributed by atoms with Crippen LogP contribution in [0, 0.1) is 0 Å². The quantitative estimate of drug-likeness (QED) is 0.670. The number of phenolic OH excluding ortho intramolecular Hbond substituents is 1. The van der Waals surface area contributed by atoms with Crippen LogP contribution in [0.5, 0.6) is 5.75 Å². The zero-order valence-electron chi connectivity index (χ0n) is 17.8. The number of hydrogen-bond acceptors (Lipinski definition) is 4. The third-order valence-electron chi connectivity index (χ3n) is 5.83. The molecule has 0 aliphatic carbocycles. The zero-order chi connectivity index (χ0) is 20.6. The van der Waals surface area contributed by atoms with Crippen LogP contribution in [0.4, 0.5) is 0 Å². The van der Waals surface area contributed by atoms with Gasteiger partial charge in [-0.1, -0.05) is 39.0 Å². The number of nitrogens with one attached hydrogen (secondary N) is 1. The molecule has 3 aromatic rings. The third kappa shape index (κ3) is 4.31. The molecule has 1 aliphatic rings. The SMILES string of the molecule is CN1CCC(OC(c2nc3ccccc3[nH]2)c2cc(C(C)(C)C)ccc2O)CC1. The van der Waals surface area contributed by atoms with Crippen molar-refractivity contribution in [2.24, 2.45) is 0 Å². The molecule has 29 heavy (non-hydrogen) atoms. The van der Waals surface area contributed by atoms with Gasteiger partial charge in [0.15, 0.2) is 0 Å². The molecule has 0 amide bonds. The van der Waals surface area contributed by atoms with E-state index in [0.717, 1.165) is 48.4 Å². The van der Waals surface area contributed by atoms with Crippen molar-refractivity contribution in [3.05, 3.63) is 59.4 Å². The van der Waals surface area contributed by atoms with Crippen LogP contribution < -0.4 is 0 Å². The number of imidazole rings is 1. The number of aromatic nitrogens is 2. The minimum Gasteiger partial charge on any atom is -0.508 e. The summed E-state index contributed by atoms with van der Waals surface area (Å²) in [5.41, 5.74) is 3.81. The molecule has 1 saturated heterocycles. The van der Waals surface area contributed by atoms with Gasteiger partial charge in [0.1, 0.15) is 17.7 Å². The van der Waals surface area contributed by atoms with E-state index in [1.807, 2.05) is 30.3 Å². The number of H-pyrrole nitrogens is 1. The van der Waals surface area contributed by atoms with E-state index in [2.05, 4.69) is 43.8 Å². The highest BCUT2D eigenvalue weighted by Gasteiger charge is 2.29. The number of aromatic hydroxyl groups is 1. The van der Waals surface area contributed by atoms with Gasteiger partial charge < -0.3 is 19.7 Å². The van der Waals surface area contributed by atoms with Gasteiger partial charge in [-0.25, -0.2) is 4.98 Å². The fraction of sp³-hybridized carbons (Fsp3) is 0.458. The summed E-state index contributed by atoms with van der Waals surface area (Å²) in [6, 6.07) is 13.8. The number of rotatable bonds is 4. The van der Waals surface area contributed by atoms with E-state index < -0.39 is 6.10 Å². The van der Waals surface area contributed by atoms with Gasteiger partial charge >= 0.3 is 0 Å². The van der Waals surface area contributed by atoms with E-state index in [0.29, 0.717) is 0 Å². The first-order valence-corrected chi connectivity index (χ1v) is 10.4. The van der Waals surface area contributed by atoms with E-state index in [9.17, 15) is 5.11 Å². The lowest BCUT2D eigenvalue weighted by atomic mass is 9.85. The molecule has 0 saturated carbocycles. The van der Waals surface area contributed by atoms with Gasteiger partial charge in [0.05, 0.1) is 17.1 Å². The number of aromatic amines is 1. The lowest BCUT2D eigenvalue weighted by molar-refractivity contribution is -0.0271. The van der Waals surface area contributed by atoms with Gasteiger partial charge in [0.25, 0.3) is 0 Å². The predicted octanol–water partition coefficient (Wildman–Crippen LogP) is 4.77. The Labute approximate surface area is 172 Å². The first-order chi connectivity index (χ1) is 13.8. The van der Waals surface area contributed by atoms with Crippen molar-refractivity contribution in [3.63, 3.8) is 0 Å². The lowest BCUT2D eigenvalue weighted by Crippen LogP contribution is -2.35. The summed E-state index contributed by atoms with van der Waals surface area (Å²) in [4.78, 5) is 10.5. The van der Waals surface area contributed by atoms with Crippen LogP contribution in [-0.2, 0) is 10.2 Å². The Kier molecular flexibility index (Phi) is 5.36. The van der Waals surface area contributed by atoms with Gasteiger partial charge in [0.2, 0.25) is 0 Å². The van der Waals surface area contributed by atoms with E-state index in [1.54, 1.807) is 6.07 Å². The number of piperidine rings is 1. The van der Waals surface area contributed by atoms with Gasteiger partial charge in [-0.2, -0.15) is 0 Å². The fourth-order valence-corrected chi connectivity index (χ4v) is 3.93. The Hall–Kier alpha value is -2.37. The highest BCUT2D eigenvalue weighted by molar-refractivity contribution is 5.75. The summed E-state index contributed by atoms with van der Waals surface area (Å²) in [6.45, 7) is 8.57. The van der Waals surface area contributed by atoms with Crippen molar-refractivity contribution in [1.29, 1.82) is 0 Å². The van der Waals surface area contributed by atoms with Gasteiger partial charge in [-0.3, -0.25) is 0 Å². The van der Waals surface area contributed by atoms with Crippen LogP contribution in [0.25, 0.3) is 11.0 Å². The van der Waals surface area contributed by atoms with Crippen molar-refractivity contribution in [2.45, 2.75) is 51.2 Å². The number of phenols is 1. The van der Waals surface area contributed by atoms with Crippen molar-refractivity contribution >= 4 is 11.0 Å². The molecule has 1 fully saturated rings. The maximum atomic E-state index is 10.7. The monoisotopic (exact) mass is 393 g/mol. The Morgan fingerprint density at radius 1 is 1.14 bits per heavy atom. The van der Waals surface area contributed by atoms with E-state index >= 15 is 0 Å². The summed E-state index contributed by atoms with van der Waals surface area (Å²) in [5.74, 6) is 0.989. The molecule has 2 N–H and O–H groups in total. The van der Waals surface area contributed by atoms with Crippen molar-refractivity contribution in [1.82, 2.24) is 14.9 Å². The summed E-state index contributed by atoms with van der Waals surface area (Å²) in [7, 11) is 2.14. The molecule has 4 rings (SSSR count). The average molecular weight is 394 g/mol. The van der Waals surface area contributed by atoms with Crippen LogP contribution >= 0.6 is 0 Å². The molecule has 0 bridgehead atoms. The highest BCUT2D eigenvalue weighted by Crippen LogP contribution is 2.37. The van der Waals surface area contributed by atoms with Crippen LogP contribution in [0.2, 0.25) is 0 Å². The zero-order valence-corrected chi connectivity index (χ0v) is 17.8. The molecule has 2 aromatic carbocycles. The topological polar surface area (TPSA) is 61.4 Å². The highest BCUT2D eigenvalue weighted by atomic mass is 16.5. The number of fused-ring (bicyclic) bond motifs is 1. The standard InChI is InChI=1S/C24H31N3O2/c1-24(2,3)16-9-10-21(28)18(15-16)22(29-17-11-13-27(4)14-12-17)23-25-19-7-5-6-8-20(19)26-23/h5-10,15,17,22,28H,11-14H2,1-4H3,(H,25,26). The molecule has 5 nitrogen and oxygen atoms in total. The predicted molar refractivity (Wildman–Crippen MR) is 116 cm³/mol. The van der Waals surface area contributed by atoms with Crippen LogP contribution in [-0.4, -0.2) is 46.2 Å². The maximum Gasteiger partial charge on any atom is 0.144 e. The first kappa shape index (κ1) is 19.9. The van der Waals surface area contributed by atoms with Crippen LogP contribution in [0.3, 0.4) is 0 Å². The second kappa shape index (κ2) is 7.81. The summed E-state index contributed by atoms with van der Waals surface area (Å²) in [6.07, 6.45) is 1.67. The number of hydrogen-bond donors (Lipinski definition) is 2. The lowest BCUT2D eigenvalue weighted by Gasteiger charge is -2.32. The maximum absolute atomic E-state index is 10.7. The first-order valence-electron chi connectivity index (χ1n) is 10.4. The number of benzene rings is 2. The van der Waals surface area contributed by atoms with E-state index in [1.165, 1.54) is 5.56 Å². The molecule has 1 aromatic heterocycles. The Morgan fingerprint density at radius 2 is 1.86 bits per heavy atom. The molecule has 0 spiro atoms. The van der Waals surface area contributed by atoms with Crippen LogP contribution in [0.1, 0.15) is 56.7 Å². The van der Waals surface area contributed by atoms with Crippen LogP contribution in [0.15, 0.2) is 42.5 Å². The van der Waals surface area contributed by atoms with E-state index in [4.69, 9.17) is 9.72 Å². The molecular weight excluding hydrogens is 362 g/mol. The van der Waals surface area contributed by atoms with Gasteiger partial charge in [-0.15, -0.1) is 0 Å². The molecular formula is C24H31N3O2. The Bertz CT molecular complexity index is 948. The average Bonchev–Trinajstić information content (AvgIpc) is 3.11. The number of nitrogens with zero attached hydrogens (tertiary/aromatic N) is 2. The summed E-state index contributed by atoms with van der Waals surface area (Å²) < 4.78 is 6.61. The molecule has 5 heteroatoms. The molecule has 0 radical (unpaired) electrons. The molecule has 1 aliphatic heterocycles. The summed E-state index contributed by atoms with van der Waals surface area (Å²) in [5, 5.41) is 10.7. The van der Waals surface area contributed by atoms with E-state index in [-0.39, 0.29) is 17.3 Å². The van der Waals surface area contributed by atoms with Gasteiger partial charge in [-0.05, 0) is 55.1 Å². The second-order valence-electron chi connectivity index (χ2n) is 9.18. The smallest absolute Gasteiger partial charge is 0.144 e. The Morgan fingerprint density at radius 3 is 2.55 bits per heavy atom. The normalized spacial score (nSPS) is 17.7. The van der Waals surface area contributed by atoms with Crippen molar-refractivity contribution in [3.8, 4) is 5.75 Å². The molecule has 1 unspecified atom stereocenters. The number of para-hydroxylation sites is 2. The third-order valence-corrected chi connectivity index (χ3v) is 5.83. The number of likely N-dealkylation sites (tertiary alicyclic amines) is 1. The number of ether oxygens (including phenoxy) is 1. The fourth-order valence-electron chi connectivity index (χ4n) is 3.93. The Balaban J connectivity index is 1.75. The summed E-state index contributed by atoms with van der Waals surface area (Å²) >= 11 is 0.